The Morgan fingerprint density at radius 1 is 0.803 bits per heavy atom. The number of amides is 1. The molecule has 4 aromatic rings. The van der Waals surface area contributed by atoms with E-state index in [0.717, 1.165) is 88.9 Å². The second-order valence-electron chi connectivity index (χ2n) is 20.3. The van der Waals surface area contributed by atoms with E-state index in [0.29, 0.717) is 62.8 Å². The van der Waals surface area contributed by atoms with Crippen LogP contribution in [0.15, 0.2) is 113 Å². The van der Waals surface area contributed by atoms with E-state index in [4.69, 9.17) is 9.47 Å². The second kappa shape index (κ2) is 19.1. The molecule has 5 aliphatic heterocycles. The monoisotopic (exact) mass is 1030 g/mol. The highest BCUT2D eigenvalue weighted by atomic mass is 32.2. The zero-order chi connectivity index (χ0) is 50.7. The Labute approximate surface area is 417 Å². The molecule has 5 aliphatic rings. The van der Waals surface area contributed by atoms with Gasteiger partial charge in [-0.1, -0.05) is 38.1 Å². The van der Waals surface area contributed by atoms with Crippen molar-refractivity contribution in [2.45, 2.75) is 87.7 Å². The average Bonchev–Trinajstić information content (AvgIpc) is 3.67. The molecule has 0 saturated heterocycles. The van der Waals surface area contributed by atoms with Crippen molar-refractivity contribution in [1.82, 2.24) is 10.2 Å². The SMILES string of the molecule is CC1(C)C2=C3C=C4C5=[N+](CCC4OC3CCN2c2ccc(CC(=O)NCCCN(CCOc3ccc(NS(C)(=O)=O)cc3)CCc3ccc(NS(C)(=O)=O)cc3)cc21)c1ccc(S(=O)(=O)O)cc1C5(C)C. The van der Waals surface area contributed by atoms with Gasteiger partial charge in [-0.05, 0) is 117 Å². The number of fused-ring (bicyclic) bond motifs is 8. The van der Waals surface area contributed by atoms with Gasteiger partial charge in [0, 0.05) is 83.6 Å². The molecule has 4 aromatic carbocycles. The van der Waals surface area contributed by atoms with Gasteiger partial charge in [-0.25, -0.2) is 16.8 Å². The van der Waals surface area contributed by atoms with Crippen molar-refractivity contribution in [3.63, 3.8) is 0 Å². The maximum absolute atomic E-state index is 13.5. The number of sulfonamides is 2. The highest BCUT2D eigenvalue weighted by Gasteiger charge is 2.54. The number of nitrogens with zero attached hydrogens (tertiary/aromatic N) is 3. The predicted octanol–water partition coefficient (Wildman–Crippen LogP) is 6.28. The van der Waals surface area contributed by atoms with E-state index in [1.165, 1.54) is 11.8 Å². The summed E-state index contributed by atoms with van der Waals surface area (Å²) in [6.45, 7) is 13.1. The van der Waals surface area contributed by atoms with Gasteiger partial charge in [0.2, 0.25) is 31.6 Å². The number of ether oxygens (including phenoxy) is 2. The van der Waals surface area contributed by atoms with Crippen LogP contribution < -0.4 is 24.4 Å². The quantitative estimate of drug-likeness (QED) is 0.0495. The lowest BCUT2D eigenvalue weighted by Gasteiger charge is -2.42. The number of rotatable bonds is 18. The fourth-order valence-electron chi connectivity index (χ4n) is 11.1. The number of carbonyl (C=O) groups is 1. The van der Waals surface area contributed by atoms with Crippen molar-refractivity contribution in [1.29, 1.82) is 0 Å². The molecule has 0 fully saturated rings. The number of carbonyl (C=O) groups excluding carboxylic acids is 1. The third-order valence-electron chi connectivity index (χ3n) is 14.2. The predicted molar refractivity (Wildman–Crippen MR) is 276 cm³/mol. The zero-order valence-electron chi connectivity index (χ0n) is 41.0. The van der Waals surface area contributed by atoms with Crippen LogP contribution in [0.1, 0.15) is 69.2 Å². The van der Waals surface area contributed by atoms with Gasteiger partial charge in [0.1, 0.15) is 12.4 Å². The molecule has 0 aliphatic carbocycles. The van der Waals surface area contributed by atoms with Gasteiger partial charge in [-0.15, -0.1) is 0 Å². The van der Waals surface area contributed by atoms with Gasteiger partial charge in [0.05, 0.1) is 41.5 Å². The Hall–Kier alpha value is -5.57. The molecule has 0 aromatic heterocycles. The summed E-state index contributed by atoms with van der Waals surface area (Å²) in [7, 11) is -11.2. The summed E-state index contributed by atoms with van der Waals surface area (Å²) in [5.41, 5.74) is 10.7. The largest absolute Gasteiger partial charge is 0.492 e. The van der Waals surface area contributed by atoms with Gasteiger partial charge in [-0.3, -0.25) is 23.7 Å². The van der Waals surface area contributed by atoms with Gasteiger partial charge in [0.15, 0.2) is 12.3 Å². The van der Waals surface area contributed by atoms with Gasteiger partial charge < -0.3 is 19.7 Å². The molecule has 0 radical (unpaired) electrons. The first kappa shape index (κ1) is 50.4. The molecule has 71 heavy (non-hydrogen) atoms. The van der Waals surface area contributed by atoms with Crippen molar-refractivity contribution in [2.75, 3.05) is 72.7 Å². The average molecular weight is 1030 g/mol. The minimum atomic E-state index is -4.37. The van der Waals surface area contributed by atoms with Crippen LogP contribution >= 0.6 is 0 Å². The Bertz CT molecular complexity index is 3200. The fourth-order valence-corrected chi connectivity index (χ4v) is 12.7. The highest BCUT2D eigenvalue weighted by Crippen LogP contribution is 2.54. The Balaban J connectivity index is 0.849. The summed E-state index contributed by atoms with van der Waals surface area (Å²) in [4.78, 5) is 18.1. The molecule has 5 heterocycles. The van der Waals surface area contributed by atoms with Crippen LogP contribution in [0.5, 0.6) is 5.75 Å². The summed E-state index contributed by atoms with van der Waals surface area (Å²) >= 11 is 0. The van der Waals surface area contributed by atoms with Crippen LogP contribution in [-0.4, -0.2) is 121 Å². The second-order valence-corrected chi connectivity index (χ2v) is 25.2. The van der Waals surface area contributed by atoms with Crippen molar-refractivity contribution in [3.05, 3.63) is 130 Å². The van der Waals surface area contributed by atoms with Gasteiger partial charge in [-0.2, -0.15) is 13.0 Å². The summed E-state index contributed by atoms with van der Waals surface area (Å²) in [5, 5.41) is 3.14. The number of nitrogens with one attached hydrogen (secondary N) is 3. The molecule has 19 heteroatoms. The topological polar surface area (TPSA) is 204 Å². The molecule has 2 atom stereocenters. The minimum Gasteiger partial charge on any atom is -0.492 e. The van der Waals surface area contributed by atoms with Crippen LogP contribution in [0, 0.1) is 0 Å². The van der Waals surface area contributed by atoms with E-state index in [1.54, 1.807) is 48.5 Å². The van der Waals surface area contributed by atoms with Crippen LogP contribution in [0.2, 0.25) is 0 Å². The van der Waals surface area contributed by atoms with E-state index >= 15 is 0 Å². The third-order valence-corrected chi connectivity index (χ3v) is 16.3. The molecule has 9 rings (SSSR count). The highest BCUT2D eigenvalue weighted by molar-refractivity contribution is 7.92. The number of hydrogen-bond donors (Lipinski definition) is 4. The van der Waals surface area contributed by atoms with Crippen molar-refractivity contribution in [2.24, 2.45) is 0 Å². The van der Waals surface area contributed by atoms with Crippen molar-refractivity contribution in [3.8, 4) is 5.75 Å². The Kier molecular flexibility index (Phi) is 13.6. The summed E-state index contributed by atoms with van der Waals surface area (Å²) in [6.07, 6.45) is 7.68. The molecule has 4 N–H and O–H groups in total. The van der Waals surface area contributed by atoms with Gasteiger partial charge >= 0.3 is 0 Å². The maximum atomic E-state index is 13.5. The maximum Gasteiger partial charge on any atom is 0.294 e. The normalized spacial score (nSPS) is 19.8. The molecule has 16 nitrogen and oxygen atoms in total. The van der Waals surface area contributed by atoms with Crippen molar-refractivity contribution >= 4 is 64.5 Å². The molecule has 378 valence electrons. The molecule has 2 unspecified atom stereocenters. The zero-order valence-corrected chi connectivity index (χ0v) is 43.4. The van der Waals surface area contributed by atoms with Crippen LogP contribution in [-0.2, 0) is 63.4 Å². The van der Waals surface area contributed by atoms with E-state index in [-0.39, 0.29) is 34.8 Å². The smallest absolute Gasteiger partial charge is 0.294 e. The number of hydrogen-bond acceptors (Lipinski definition) is 11. The summed E-state index contributed by atoms with van der Waals surface area (Å²) in [6, 6.07) is 25.3. The molecule has 0 spiro atoms. The first-order chi connectivity index (χ1) is 33.4. The first-order valence-corrected chi connectivity index (χ1v) is 29.2. The van der Waals surface area contributed by atoms with E-state index in [1.807, 2.05) is 12.1 Å². The number of anilines is 3. The van der Waals surface area contributed by atoms with Crippen LogP contribution in [0.4, 0.5) is 22.7 Å². The lowest BCUT2D eigenvalue weighted by Crippen LogP contribution is -2.47. The molecule has 0 bridgehead atoms. The van der Waals surface area contributed by atoms with E-state index in [9.17, 15) is 34.6 Å². The molecular formula is C52H63N6O10S3+. The lowest BCUT2D eigenvalue weighted by atomic mass is 9.74. The molecular weight excluding hydrogens is 965 g/mol. The summed E-state index contributed by atoms with van der Waals surface area (Å²) < 4.78 is 101. The lowest BCUT2D eigenvalue weighted by molar-refractivity contribution is -0.445. The van der Waals surface area contributed by atoms with E-state index in [2.05, 4.69) is 81.1 Å². The first-order valence-electron chi connectivity index (χ1n) is 24.0. The summed E-state index contributed by atoms with van der Waals surface area (Å²) in [5.74, 6) is 0.542. The van der Waals surface area contributed by atoms with E-state index < -0.39 is 35.6 Å². The number of benzene rings is 4. The Morgan fingerprint density at radius 2 is 1.48 bits per heavy atom. The van der Waals surface area contributed by atoms with Gasteiger partial charge in [0.25, 0.3) is 10.1 Å². The molecule has 0 saturated carbocycles. The molecule has 1 amide bonds. The third kappa shape index (κ3) is 10.8. The fraction of sp³-hybridized carbons (Fsp3) is 0.423. The standard InChI is InChI=1S/C52H62N6O10S3/c1-51(2)42-30-35(10-18-44(42)57-26-21-46-40(49(51)57)33-41-47(68-46)22-27-58-45-19-17-39(71(64,65)66)32-43(45)52(3,4)50(41)58)31-48(59)53-23-7-24-56(25-20-34-8-11-36(12-9-34)54-69(5,60)61)28-29-67-38-15-13-37(14-16-38)55-70(6,62)63/h8-19,30,32-33,46-47,54-55H,7,20-29,31H2,1-6H3,(H-,53,59,64,65,66)/p+1. The van der Waals surface area contributed by atoms with Crippen molar-refractivity contribution < 1.29 is 48.6 Å². The minimum absolute atomic E-state index is 0.0636. The van der Waals surface area contributed by atoms with Crippen LogP contribution in [0.3, 0.4) is 0 Å². The van der Waals surface area contributed by atoms with Crippen LogP contribution in [0.25, 0.3) is 0 Å². The number of allylic oxidation sites excluding steroid dienone is 1. The Morgan fingerprint density at radius 3 is 2.15 bits per heavy atom.